The number of aromatic hydroxyl groups is 1. The Balaban J connectivity index is 2.77. The minimum Gasteiger partial charge on any atom is -0.507 e. The number of ether oxygens (including phenoxy) is 1. The number of benzene rings is 1. The van der Waals surface area contributed by atoms with E-state index in [1.807, 2.05) is 22.6 Å². The molecule has 0 aliphatic rings. The number of halogens is 4. The van der Waals surface area contributed by atoms with Gasteiger partial charge in [-0.3, -0.25) is 0 Å². The average Bonchev–Trinajstić information content (AvgIpc) is 2.13. The summed E-state index contributed by atoms with van der Waals surface area (Å²) >= 11 is 15.0. The lowest BCUT2D eigenvalue weighted by Gasteiger charge is -2.07. The molecule has 15 heavy (non-hydrogen) atoms. The maximum absolute atomic E-state index is 9.42. The molecule has 0 aliphatic carbocycles. The third-order valence-electron chi connectivity index (χ3n) is 1.48. The summed E-state index contributed by atoms with van der Waals surface area (Å²) in [6.45, 7) is 0.305. The van der Waals surface area contributed by atoms with Crippen LogP contribution in [0.5, 0.6) is 11.5 Å². The lowest BCUT2D eigenvalue weighted by molar-refractivity contribution is 0.358. The van der Waals surface area contributed by atoms with Crippen molar-refractivity contribution in [3.05, 3.63) is 29.8 Å². The van der Waals surface area contributed by atoms with Crippen LogP contribution in [-0.2, 0) is 0 Å². The van der Waals surface area contributed by atoms with Crippen LogP contribution in [0.15, 0.2) is 22.7 Å². The molecule has 0 amide bonds. The Hall–Kier alpha value is 0.600. The van der Waals surface area contributed by atoms with Crippen LogP contribution >= 0.6 is 68.4 Å². The molecular formula is C9H6Cl2I2O2. The Morgan fingerprint density at radius 3 is 2.60 bits per heavy atom. The van der Waals surface area contributed by atoms with Crippen LogP contribution in [0.25, 0.3) is 0 Å². The molecule has 0 aliphatic heterocycles. The minimum absolute atomic E-state index is 0.179. The molecule has 0 aromatic heterocycles. The largest absolute Gasteiger partial charge is 0.507 e. The fourth-order valence-electron chi connectivity index (χ4n) is 0.823. The molecule has 1 N–H and O–H groups in total. The molecule has 82 valence electrons. The van der Waals surface area contributed by atoms with Crippen molar-refractivity contribution < 1.29 is 9.84 Å². The van der Waals surface area contributed by atoms with Crippen LogP contribution in [0, 0.1) is 7.14 Å². The van der Waals surface area contributed by atoms with Crippen LogP contribution in [0.4, 0.5) is 0 Å². The zero-order chi connectivity index (χ0) is 11.4. The fourth-order valence-corrected chi connectivity index (χ4v) is 1.99. The van der Waals surface area contributed by atoms with Crippen LogP contribution in [0.1, 0.15) is 0 Å². The van der Waals surface area contributed by atoms with Gasteiger partial charge in [-0.1, -0.05) is 23.2 Å². The second kappa shape index (κ2) is 6.36. The van der Waals surface area contributed by atoms with E-state index in [9.17, 15) is 5.11 Å². The fraction of sp³-hybridized carbons (Fsp3) is 0.111. The first-order chi connectivity index (χ1) is 7.00. The van der Waals surface area contributed by atoms with Gasteiger partial charge in [0.2, 0.25) is 0 Å². The SMILES string of the molecule is Oc1cc(I)c(OCC=C(Cl)Cl)cc1I. The average molecular weight is 471 g/mol. The predicted octanol–water partition coefficient (Wildman–Crippen LogP) is 4.30. The molecule has 1 aromatic rings. The Labute approximate surface area is 125 Å². The zero-order valence-electron chi connectivity index (χ0n) is 7.31. The van der Waals surface area contributed by atoms with E-state index < -0.39 is 0 Å². The summed E-state index contributed by atoms with van der Waals surface area (Å²) in [5, 5.41) is 9.42. The molecule has 0 saturated heterocycles. The first-order valence-corrected chi connectivity index (χ1v) is 6.74. The summed E-state index contributed by atoms with van der Waals surface area (Å²) in [5.74, 6) is 0.946. The standard InChI is InChI=1S/C9H6Cl2I2O2/c10-9(11)1-2-15-8-4-5(12)7(14)3-6(8)13/h1,3-4,14H,2H2. The lowest BCUT2D eigenvalue weighted by Crippen LogP contribution is -1.96. The quantitative estimate of drug-likeness (QED) is 0.668. The number of phenols is 1. The van der Waals surface area contributed by atoms with E-state index in [0.29, 0.717) is 12.4 Å². The summed E-state index contributed by atoms with van der Waals surface area (Å²) in [6, 6.07) is 3.40. The normalized spacial score (nSPS) is 9.87. The molecule has 1 aromatic carbocycles. The first kappa shape index (κ1) is 13.7. The molecule has 0 heterocycles. The van der Waals surface area contributed by atoms with E-state index in [1.54, 1.807) is 18.2 Å². The molecule has 0 radical (unpaired) electrons. The summed E-state index contributed by atoms with van der Waals surface area (Å²) in [6.07, 6.45) is 1.55. The molecule has 0 fully saturated rings. The second-order valence-corrected chi connectivity index (χ2v) is 5.87. The van der Waals surface area contributed by atoms with Crippen molar-refractivity contribution >= 4 is 68.4 Å². The molecule has 0 unspecified atom stereocenters. The molecule has 0 spiro atoms. The molecule has 1 rings (SSSR count). The van der Waals surface area contributed by atoms with Gasteiger partial charge in [-0.15, -0.1) is 0 Å². The van der Waals surface area contributed by atoms with E-state index in [2.05, 4.69) is 22.6 Å². The number of phenolic OH excluding ortho intramolecular Hbond substituents is 1. The molecular weight excluding hydrogens is 465 g/mol. The topological polar surface area (TPSA) is 29.5 Å². The summed E-state index contributed by atoms with van der Waals surface area (Å²) in [5.41, 5.74) is 0. The van der Waals surface area contributed by atoms with Gasteiger partial charge in [0, 0.05) is 0 Å². The Morgan fingerprint density at radius 1 is 1.33 bits per heavy atom. The molecule has 0 bridgehead atoms. The minimum atomic E-state index is 0.179. The maximum Gasteiger partial charge on any atom is 0.134 e. The summed E-state index contributed by atoms with van der Waals surface area (Å²) in [7, 11) is 0. The summed E-state index contributed by atoms with van der Waals surface area (Å²) in [4.78, 5) is 0. The second-order valence-electron chi connectivity index (χ2n) is 2.54. The van der Waals surface area contributed by atoms with Crippen molar-refractivity contribution in [1.29, 1.82) is 0 Å². The number of hydrogen-bond acceptors (Lipinski definition) is 2. The van der Waals surface area contributed by atoms with Crippen molar-refractivity contribution in [1.82, 2.24) is 0 Å². The monoisotopic (exact) mass is 470 g/mol. The maximum atomic E-state index is 9.42. The predicted molar refractivity (Wildman–Crippen MR) is 78.8 cm³/mol. The summed E-state index contributed by atoms with van der Waals surface area (Å²) < 4.78 is 7.17. The smallest absolute Gasteiger partial charge is 0.134 e. The van der Waals surface area contributed by atoms with Crippen LogP contribution < -0.4 is 4.74 Å². The highest BCUT2D eigenvalue weighted by molar-refractivity contribution is 14.1. The van der Waals surface area contributed by atoms with Gasteiger partial charge in [0.05, 0.1) is 7.14 Å². The van der Waals surface area contributed by atoms with Crippen LogP contribution in [0.2, 0.25) is 0 Å². The highest BCUT2D eigenvalue weighted by Crippen LogP contribution is 2.30. The Bertz CT molecular complexity index is 390. The van der Waals surface area contributed by atoms with E-state index in [4.69, 9.17) is 27.9 Å². The molecule has 0 saturated carbocycles. The van der Waals surface area contributed by atoms with Gasteiger partial charge < -0.3 is 9.84 Å². The van der Waals surface area contributed by atoms with Crippen molar-refractivity contribution in [2.24, 2.45) is 0 Å². The van der Waals surface area contributed by atoms with Gasteiger partial charge in [-0.05, 0) is 63.4 Å². The molecule has 6 heteroatoms. The number of rotatable bonds is 3. The van der Waals surface area contributed by atoms with E-state index in [1.165, 1.54) is 0 Å². The highest BCUT2D eigenvalue weighted by atomic mass is 127. The van der Waals surface area contributed by atoms with Gasteiger partial charge >= 0.3 is 0 Å². The van der Waals surface area contributed by atoms with Crippen molar-refractivity contribution in [3.8, 4) is 11.5 Å². The van der Waals surface area contributed by atoms with Gasteiger partial charge in [0.1, 0.15) is 22.6 Å². The van der Waals surface area contributed by atoms with Crippen molar-refractivity contribution in [3.63, 3.8) is 0 Å². The highest BCUT2D eigenvalue weighted by Gasteiger charge is 2.06. The Morgan fingerprint density at radius 2 is 2.00 bits per heavy atom. The number of hydrogen-bond donors (Lipinski definition) is 1. The van der Waals surface area contributed by atoms with Crippen LogP contribution in [0.3, 0.4) is 0 Å². The van der Waals surface area contributed by atoms with E-state index in [0.717, 1.165) is 7.14 Å². The molecule has 2 nitrogen and oxygen atoms in total. The third-order valence-corrected chi connectivity index (χ3v) is 3.49. The lowest BCUT2D eigenvalue weighted by atomic mass is 10.3. The zero-order valence-corrected chi connectivity index (χ0v) is 13.1. The van der Waals surface area contributed by atoms with E-state index >= 15 is 0 Å². The van der Waals surface area contributed by atoms with Crippen molar-refractivity contribution in [2.75, 3.05) is 6.61 Å². The Kier molecular flexibility index (Phi) is 5.80. The first-order valence-electron chi connectivity index (χ1n) is 3.82. The van der Waals surface area contributed by atoms with Gasteiger partial charge in [0.25, 0.3) is 0 Å². The van der Waals surface area contributed by atoms with E-state index in [-0.39, 0.29) is 10.2 Å². The van der Waals surface area contributed by atoms with Crippen molar-refractivity contribution in [2.45, 2.75) is 0 Å². The van der Waals surface area contributed by atoms with Gasteiger partial charge in [-0.2, -0.15) is 0 Å². The third kappa shape index (κ3) is 4.54. The van der Waals surface area contributed by atoms with Gasteiger partial charge in [-0.25, -0.2) is 0 Å². The molecule has 0 atom stereocenters. The van der Waals surface area contributed by atoms with Gasteiger partial charge in [0.15, 0.2) is 0 Å². The van der Waals surface area contributed by atoms with Crippen LogP contribution in [-0.4, -0.2) is 11.7 Å².